The van der Waals surface area contributed by atoms with Gasteiger partial charge in [-0.05, 0) is 73.8 Å². The second-order valence-electron chi connectivity index (χ2n) is 8.36. The van der Waals surface area contributed by atoms with E-state index in [-0.39, 0.29) is 18.1 Å². The first-order valence-electron chi connectivity index (χ1n) is 11.3. The molecular weight excluding hydrogens is 445 g/mol. The molecule has 2 N–H and O–H groups in total. The number of carbonyl (C=O) groups is 1. The van der Waals surface area contributed by atoms with Crippen LogP contribution in [0.15, 0.2) is 48.5 Å². The number of aryl methyl sites for hydroxylation is 2. The number of hydrogen-bond donors (Lipinski definition) is 2. The lowest BCUT2D eigenvalue weighted by molar-refractivity contribution is -0.274. The minimum absolute atomic E-state index is 0.172. The zero-order valence-electron chi connectivity index (χ0n) is 18.9. The molecule has 0 aliphatic carbocycles. The number of hydrogen-bond acceptors (Lipinski definition) is 5. The Hall–Kier alpha value is -3.33. The highest BCUT2D eigenvalue weighted by molar-refractivity contribution is 5.94. The Morgan fingerprint density at radius 1 is 1.12 bits per heavy atom. The Balaban J connectivity index is 1.37. The summed E-state index contributed by atoms with van der Waals surface area (Å²) in [4.78, 5) is 19.6. The standard InChI is InChI=1S/C25H27F3N4O2/c1-17-15-23(32-13-2-11-29-12-14-32)31-22-9-6-19(16-21(17)22)30-24(33)10-5-18-3-7-20(8-4-18)34-25(26,27)28/h3-4,6-9,15-16,29H,2,5,10-14H2,1H3,(H,30,33). The van der Waals surface area contributed by atoms with E-state index in [2.05, 4.69) is 26.3 Å². The van der Waals surface area contributed by atoms with Gasteiger partial charge in [0.1, 0.15) is 11.6 Å². The van der Waals surface area contributed by atoms with E-state index in [1.807, 2.05) is 25.1 Å². The first-order valence-corrected chi connectivity index (χ1v) is 11.3. The molecule has 1 fully saturated rings. The first kappa shape index (κ1) is 23.8. The van der Waals surface area contributed by atoms with Gasteiger partial charge >= 0.3 is 6.36 Å². The van der Waals surface area contributed by atoms with Crippen LogP contribution >= 0.6 is 0 Å². The van der Waals surface area contributed by atoms with E-state index >= 15 is 0 Å². The second-order valence-corrected chi connectivity index (χ2v) is 8.36. The smallest absolute Gasteiger partial charge is 0.406 e. The molecule has 2 aromatic carbocycles. The normalized spacial score (nSPS) is 14.6. The summed E-state index contributed by atoms with van der Waals surface area (Å²) in [6.45, 7) is 5.89. The lowest BCUT2D eigenvalue weighted by Crippen LogP contribution is -2.28. The third kappa shape index (κ3) is 6.38. The summed E-state index contributed by atoms with van der Waals surface area (Å²) >= 11 is 0. The highest BCUT2D eigenvalue weighted by Crippen LogP contribution is 2.26. The van der Waals surface area contributed by atoms with Crippen LogP contribution in [0.25, 0.3) is 10.9 Å². The fourth-order valence-corrected chi connectivity index (χ4v) is 4.03. The van der Waals surface area contributed by atoms with Crippen molar-refractivity contribution in [3.63, 3.8) is 0 Å². The number of aromatic nitrogens is 1. The van der Waals surface area contributed by atoms with Gasteiger partial charge in [-0.25, -0.2) is 4.98 Å². The zero-order chi connectivity index (χ0) is 24.1. The fourth-order valence-electron chi connectivity index (χ4n) is 4.03. The third-order valence-corrected chi connectivity index (χ3v) is 5.75. The number of alkyl halides is 3. The molecule has 0 saturated carbocycles. The molecule has 6 nitrogen and oxygen atoms in total. The fraction of sp³-hybridized carbons (Fsp3) is 0.360. The topological polar surface area (TPSA) is 66.5 Å². The number of nitrogens with one attached hydrogen (secondary N) is 2. The molecule has 1 aliphatic rings. The average molecular weight is 473 g/mol. The van der Waals surface area contributed by atoms with Crippen molar-refractivity contribution in [1.29, 1.82) is 0 Å². The molecule has 34 heavy (non-hydrogen) atoms. The van der Waals surface area contributed by atoms with Crippen LogP contribution in [0.4, 0.5) is 24.7 Å². The number of carbonyl (C=O) groups excluding carboxylic acids is 1. The van der Waals surface area contributed by atoms with Gasteiger partial charge in [-0.3, -0.25) is 4.79 Å². The Morgan fingerprint density at radius 3 is 2.68 bits per heavy atom. The van der Waals surface area contributed by atoms with Crippen molar-refractivity contribution in [3.05, 3.63) is 59.7 Å². The van der Waals surface area contributed by atoms with Gasteiger partial charge in [0.05, 0.1) is 5.52 Å². The monoisotopic (exact) mass is 472 g/mol. The molecule has 9 heteroatoms. The molecule has 0 spiro atoms. The van der Waals surface area contributed by atoms with Crippen molar-refractivity contribution < 1.29 is 22.7 Å². The van der Waals surface area contributed by atoms with Crippen LogP contribution in [0.3, 0.4) is 0 Å². The zero-order valence-corrected chi connectivity index (χ0v) is 18.9. The van der Waals surface area contributed by atoms with Gasteiger partial charge < -0.3 is 20.3 Å². The van der Waals surface area contributed by atoms with Gasteiger partial charge in [-0.2, -0.15) is 0 Å². The van der Waals surface area contributed by atoms with E-state index in [1.54, 1.807) is 0 Å². The SMILES string of the molecule is Cc1cc(N2CCCNCC2)nc2ccc(NC(=O)CCc3ccc(OC(F)(F)F)cc3)cc12. The Bertz CT molecular complexity index is 1140. The van der Waals surface area contributed by atoms with E-state index in [0.29, 0.717) is 12.1 Å². The van der Waals surface area contributed by atoms with Crippen molar-refractivity contribution in [2.45, 2.75) is 32.5 Å². The van der Waals surface area contributed by atoms with E-state index < -0.39 is 6.36 Å². The number of fused-ring (bicyclic) bond motifs is 1. The highest BCUT2D eigenvalue weighted by Gasteiger charge is 2.30. The minimum Gasteiger partial charge on any atom is -0.406 e. The van der Waals surface area contributed by atoms with Gasteiger partial charge in [0.2, 0.25) is 5.91 Å². The predicted octanol–water partition coefficient (Wildman–Crippen LogP) is 4.81. The summed E-state index contributed by atoms with van der Waals surface area (Å²) in [5, 5.41) is 7.28. The molecular formula is C25H27F3N4O2. The minimum atomic E-state index is -4.72. The van der Waals surface area contributed by atoms with Crippen LogP contribution in [0.1, 0.15) is 24.0 Å². The summed E-state index contributed by atoms with van der Waals surface area (Å²) in [6.07, 6.45) is -3.03. The van der Waals surface area contributed by atoms with Crippen molar-refractivity contribution in [3.8, 4) is 5.75 Å². The van der Waals surface area contributed by atoms with Crippen LogP contribution < -0.4 is 20.3 Å². The lowest BCUT2D eigenvalue weighted by atomic mass is 10.1. The van der Waals surface area contributed by atoms with Crippen LogP contribution in [-0.2, 0) is 11.2 Å². The third-order valence-electron chi connectivity index (χ3n) is 5.75. The number of rotatable bonds is 6. The van der Waals surface area contributed by atoms with E-state index in [4.69, 9.17) is 4.98 Å². The van der Waals surface area contributed by atoms with Crippen LogP contribution in [0, 0.1) is 6.92 Å². The van der Waals surface area contributed by atoms with E-state index in [1.165, 1.54) is 24.3 Å². The van der Waals surface area contributed by atoms with E-state index in [0.717, 1.165) is 60.4 Å². The quantitative estimate of drug-likeness (QED) is 0.539. The summed E-state index contributed by atoms with van der Waals surface area (Å²) in [7, 11) is 0. The lowest BCUT2D eigenvalue weighted by Gasteiger charge is -2.22. The number of pyridine rings is 1. The largest absolute Gasteiger partial charge is 0.573 e. The molecule has 0 unspecified atom stereocenters. The molecule has 3 aromatic rings. The molecule has 2 heterocycles. The molecule has 1 aromatic heterocycles. The Morgan fingerprint density at radius 2 is 1.91 bits per heavy atom. The molecule has 1 amide bonds. The molecule has 0 atom stereocenters. The molecule has 0 bridgehead atoms. The number of amides is 1. The van der Waals surface area contributed by atoms with Crippen molar-refractivity contribution in [2.24, 2.45) is 0 Å². The van der Waals surface area contributed by atoms with Gasteiger partial charge in [-0.15, -0.1) is 13.2 Å². The Labute approximate surface area is 196 Å². The predicted molar refractivity (Wildman–Crippen MR) is 126 cm³/mol. The molecule has 0 radical (unpaired) electrons. The van der Waals surface area contributed by atoms with Gasteiger partial charge in [0.15, 0.2) is 0 Å². The maximum atomic E-state index is 12.4. The van der Waals surface area contributed by atoms with Gasteiger partial charge in [0, 0.05) is 37.1 Å². The van der Waals surface area contributed by atoms with Crippen LogP contribution in [0.5, 0.6) is 5.75 Å². The molecule has 180 valence electrons. The first-order chi connectivity index (χ1) is 16.3. The number of benzene rings is 2. The maximum absolute atomic E-state index is 12.4. The van der Waals surface area contributed by atoms with E-state index in [9.17, 15) is 18.0 Å². The second kappa shape index (κ2) is 10.3. The van der Waals surface area contributed by atoms with Crippen molar-refractivity contribution in [1.82, 2.24) is 10.3 Å². The van der Waals surface area contributed by atoms with Gasteiger partial charge in [-0.1, -0.05) is 12.1 Å². The highest BCUT2D eigenvalue weighted by atomic mass is 19.4. The van der Waals surface area contributed by atoms with Crippen LogP contribution in [-0.4, -0.2) is 43.4 Å². The molecule has 4 rings (SSSR count). The van der Waals surface area contributed by atoms with Crippen molar-refractivity contribution in [2.75, 3.05) is 36.4 Å². The van der Waals surface area contributed by atoms with Crippen LogP contribution in [0.2, 0.25) is 0 Å². The number of halogens is 3. The molecule has 1 saturated heterocycles. The summed E-state index contributed by atoms with van der Waals surface area (Å²) in [6, 6.07) is 13.3. The molecule has 1 aliphatic heterocycles. The maximum Gasteiger partial charge on any atom is 0.573 e. The average Bonchev–Trinajstić information content (AvgIpc) is 3.08. The summed E-state index contributed by atoms with van der Waals surface area (Å²) in [5.74, 6) is 0.517. The number of anilines is 2. The number of ether oxygens (including phenoxy) is 1. The van der Waals surface area contributed by atoms with Crippen molar-refractivity contribution >= 4 is 28.3 Å². The Kier molecular flexibility index (Phi) is 7.21. The number of nitrogens with zero attached hydrogens (tertiary/aromatic N) is 2. The summed E-state index contributed by atoms with van der Waals surface area (Å²) in [5.41, 5.74) is 3.41. The summed E-state index contributed by atoms with van der Waals surface area (Å²) < 4.78 is 40.6. The van der Waals surface area contributed by atoms with Gasteiger partial charge in [0.25, 0.3) is 0 Å².